The van der Waals surface area contributed by atoms with Gasteiger partial charge in [-0.25, -0.2) is 13.1 Å². The average molecular weight is 310 g/mol. The zero-order chi connectivity index (χ0) is 15.0. The molecule has 1 heterocycles. The van der Waals surface area contributed by atoms with Gasteiger partial charge in [-0.2, -0.15) is 0 Å². The molecule has 1 aliphatic heterocycles. The van der Waals surface area contributed by atoms with Gasteiger partial charge in [0.25, 0.3) is 0 Å². The first-order valence-corrected chi connectivity index (χ1v) is 8.98. The summed E-state index contributed by atoms with van der Waals surface area (Å²) < 4.78 is 27.5. The van der Waals surface area contributed by atoms with E-state index < -0.39 is 16.1 Å². The van der Waals surface area contributed by atoms with Crippen LogP contribution in [0.25, 0.3) is 0 Å². The fourth-order valence-corrected chi connectivity index (χ4v) is 4.13. The van der Waals surface area contributed by atoms with Gasteiger partial charge in [-0.15, -0.1) is 0 Å². The Balaban J connectivity index is 1.66. The Labute approximate surface area is 126 Å². The van der Waals surface area contributed by atoms with Crippen LogP contribution in [0.15, 0.2) is 29.2 Å². The van der Waals surface area contributed by atoms with E-state index in [-0.39, 0.29) is 10.9 Å². The maximum atomic E-state index is 12.4. The first-order chi connectivity index (χ1) is 9.95. The molecule has 2 N–H and O–H groups in total. The summed E-state index contributed by atoms with van der Waals surface area (Å²) in [5.41, 5.74) is 0.717. The molecular weight excluding hydrogens is 288 g/mol. The smallest absolute Gasteiger partial charge is 0.240 e. The van der Waals surface area contributed by atoms with Crippen LogP contribution in [0.2, 0.25) is 0 Å². The number of benzene rings is 1. The van der Waals surface area contributed by atoms with Crippen molar-refractivity contribution in [2.45, 2.75) is 49.3 Å². The SMILES string of the molecule is CC(O)c1ccc(S(=O)(=O)NC2CCN(C3CC3)C2)cc1. The first kappa shape index (κ1) is 15.0. The molecule has 2 fully saturated rings. The lowest BCUT2D eigenvalue weighted by Crippen LogP contribution is -2.37. The van der Waals surface area contributed by atoms with Crippen LogP contribution in [0, 0.1) is 0 Å². The van der Waals surface area contributed by atoms with Crippen molar-refractivity contribution < 1.29 is 13.5 Å². The number of rotatable bonds is 5. The zero-order valence-electron chi connectivity index (χ0n) is 12.2. The van der Waals surface area contributed by atoms with E-state index in [9.17, 15) is 13.5 Å². The second kappa shape index (κ2) is 5.68. The first-order valence-electron chi connectivity index (χ1n) is 7.50. The maximum absolute atomic E-state index is 12.4. The molecule has 0 amide bonds. The molecule has 21 heavy (non-hydrogen) atoms. The predicted octanol–water partition coefficient (Wildman–Crippen LogP) is 1.25. The minimum absolute atomic E-state index is 0.00652. The molecule has 6 heteroatoms. The zero-order valence-corrected chi connectivity index (χ0v) is 13.0. The van der Waals surface area contributed by atoms with Crippen molar-refractivity contribution in [2.24, 2.45) is 0 Å². The van der Waals surface area contributed by atoms with Crippen molar-refractivity contribution >= 4 is 10.0 Å². The van der Waals surface area contributed by atoms with Gasteiger partial charge in [0.1, 0.15) is 0 Å². The summed E-state index contributed by atoms with van der Waals surface area (Å²) in [5.74, 6) is 0. The normalized spacial score (nSPS) is 25.1. The van der Waals surface area contributed by atoms with Crippen molar-refractivity contribution in [2.75, 3.05) is 13.1 Å². The second-order valence-electron chi connectivity index (χ2n) is 6.08. The van der Waals surface area contributed by atoms with Crippen molar-refractivity contribution in [3.05, 3.63) is 29.8 Å². The predicted molar refractivity (Wildman–Crippen MR) is 80.4 cm³/mol. The number of aliphatic hydroxyl groups is 1. The lowest BCUT2D eigenvalue weighted by molar-refractivity contribution is 0.199. The molecule has 1 aliphatic carbocycles. The molecular formula is C15H22N2O3S. The summed E-state index contributed by atoms with van der Waals surface area (Å²) >= 11 is 0. The Morgan fingerprint density at radius 1 is 1.24 bits per heavy atom. The lowest BCUT2D eigenvalue weighted by atomic mass is 10.1. The third-order valence-corrected chi connectivity index (χ3v) is 5.81. The molecule has 2 aliphatic rings. The molecule has 1 saturated heterocycles. The van der Waals surface area contributed by atoms with Crippen LogP contribution in [0.4, 0.5) is 0 Å². The molecule has 2 atom stereocenters. The molecule has 3 rings (SSSR count). The highest BCUT2D eigenvalue weighted by molar-refractivity contribution is 7.89. The van der Waals surface area contributed by atoms with E-state index in [0.29, 0.717) is 6.04 Å². The number of likely N-dealkylation sites (tertiary alicyclic amines) is 1. The number of aliphatic hydroxyl groups excluding tert-OH is 1. The van der Waals surface area contributed by atoms with E-state index in [1.807, 2.05) is 0 Å². The Hall–Kier alpha value is -0.950. The van der Waals surface area contributed by atoms with Crippen molar-refractivity contribution in [1.82, 2.24) is 9.62 Å². The van der Waals surface area contributed by atoms with Crippen LogP contribution in [0.5, 0.6) is 0 Å². The molecule has 1 saturated carbocycles. The van der Waals surface area contributed by atoms with Gasteiger partial charge in [0.15, 0.2) is 0 Å². The summed E-state index contributed by atoms with van der Waals surface area (Å²) in [6.07, 6.45) is 2.79. The molecule has 5 nitrogen and oxygen atoms in total. The van der Waals surface area contributed by atoms with Crippen LogP contribution in [0.1, 0.15) is 37.9 Å². The highest BCUT2D eigenvalue weighted by atomic mass is 32.2. The van der Waals surface area contributed by atoms with Crippen LogP contribution in [-0.2, 0) is 10.0 Å². The summed E-state index contributed by atoms with van der Waals surface area (Å²) in [5, 5.41) is 9.46. The molecule has 0 aromatic heterocycles. The Morgan fingerprint density at radius 2 is 1.90 bits per heavy atom. The van der Waals surface area contributed by atoms with Crippen LogP contribution in [0.3, 0.4) is 0 Å². The average Bonchev–Trinajstić information content (AvgIpc) is 3.20. The second-order valence-corrected chi connectivity index (χ2v) is 7.79. The summed E-state index contributed by atoms with van der Waals surface area (Å²) in [6.45, 7) is 3.46. The number of hydrogen-bond acceptors (Lipinski definition) is 4. The third kappa shape index (κ3) is 3.45. The third-order valence-electron chi connectivity index (χ3n) is 4.28. The summed E-state index contributed by atoms with van der Waals surface area (Å²) in [4.78, 5) is 2.64. The summed E-state index contributed by atoms with van der Waals surface area (Å²) in [6, 6.07) is 7.11. The molecule has 2 unspecified atom stereocenters. The Bertz CT molecular complexity index is 594. The van der Waals surface area contributed by atoms with E-state index >= 15 is 0 Å². The number of nitrogens with one attached hydrogen (secondary N) is 1. The highest BCUT2D eigenvalue weighted by Crippen LogP contribution is 2.30. The van der Waals surface area contributed by atoms with Crippen LogP contribution >= 0.6 is 0 Å². The monoisotopic (exact) mass is 310 g/mol. The van der Waals surface area contributed by atoms with Gasteiger partial charge in [0, 0.05) is 25.2 Å². The van der Waals surface area contributed by atoms with Gasteiger partial charge in [-0.1, -0.05) is 12.1 Å². The van der Waals surface area contributed by atoms with E-state index in [1.165, 1.54) is 12.8 Å². The molecule has 1 aromatic carbocycles. The number of sulfonamides is 1. The van der Waals surface area contributed by atoms with Gasteiger partial charge >= 0.3 is 0 Å². The van der Waals surface area contributed by atoms with E-state index in [4.69, 9.17) is 0 Å². The minimum Gasteiger partial charge on any atom is -0.389 e. The fraction of sp³-hybridized carbons (Fsp3) is 0.600. The van der Waals surface area contributed by atoms with E-state index in [1.54, 1.807) is 31.2 Å². The van der Waals surface area contributed by atoms with Crippen molar-refractivity contribution in [1.29, 1.82) is 0 Å². The maximum Gasteiger partial charge on any atom is 0.240 e. The Morgan fingerprint density at radius 3 is 2.48 bits per heavy atom. The van der Waals surface area contributed by atoms with E-state index in [2.05, 4.69) is 9.62 Å². The van der Waals surface area contributed by atoms with Gasteiger partial charge in [-0.05, 0) is 43.9 Å². The topological polar surface area (TPSA) is 69.6 Å². The van der Waals surface area contributed by atoms with Gasteiger partial charge in [0.2, 0.25) is 10.0 Å². The lowest BCUT2D eigenvalue weighted by Gasteiger charge is -2.16. The molecule has 0 bridgehead atoms. The van der Waals surface area contributed by atoms with Gasteiger partial charge in [-0.3, -0.25) is 4.90 Å². The van der Waals surface area contributed by atoms with Gasteiger partial charge in [0.05, 0.1) is 11.0 Å². The van der Waals surface area contributed by atoms with Crippen molar-refractivity contribution in [3.63, 3.8) is 0 Å². The molecule has 0 radical (unpaired) electrons. The molecule has 0 spiro atoms. The minimum atomic E-state index is -3.47. The number of nitrogens with zero attached hydrogens (tertiary/aromatic N) is 1. The summed E-state index contributed by atoms with van der Waals surface area (Å²) in [7, 11) is -3.47. The van der Waals surface area contributed by atoms with E-state index in [0.717, 1.165) is 25.1 Å². The number of hydrogen-bond donors (Lipinski definition) is 2. The van der Waals surface area contributed by atoms with Crippen LogP contribution in [-0.4, -0.2) is 43.6 Å². The van der Waals surface area contributed by atoms with Crippen LogP contribution < -0.4 is 4.72 Å². The van der Waals surface area contributed by atoms with Gasteiger partial charge < -0.3 is 5.11 Å². The Kier molecular flexibility index (Phi) is 4.05. The molecule has 116 valence electrons. The van der Waals surface area contributed by atoms with Crippen molar-refractivity contribution in [3.8, 4) is 0 Å². The molecule has 1 aromatic rings. The highest BCUT2D eigenvalue weighted by Gasteiger charge is 2.35. The fourth-order valence-electron chi connectivity index (χ4n) is 2.87. The largest absolute Gasteiger partial charge is 0.389 e. The standard InChI is InChI=1S/C15H22N2O3S/c1-11(18)12-2-6-15(7-3-12)21(19,20)16-13-8-9-17(10-13)14-4-5-14/h2-3,6-7,11,13-14,16,18H,4-5,8-10H2,1H3. The quantitative estimate of drug-likeness (QED) is 0.859.